The summed E-state index contributed by atoms with van der Waals surface area (Å²) in [5.41, 5.74) is 0. The molecule has 0 unspecified atom stereocenters. The first-order valence-corrected chi connectivity index (χ1v) is 6.78. The van der Waals surface area contributed by atoms with Crippen molar-refractivity contribution in [3.05, 3.63) is 0 Å². The molecular weight excluding hydrogens is 250 g/mol. The molecule has 7 nitrogen and oxygen atoms in total. The highest BCUT2D eigenvalue weighted by Gasteiger charge is 2.38. The fraction of sp³-hybridized carbons (Fsp3) is 0.778. The summed E-state index contributed by atoms with van der Waals surface area (Å²) in [5, 5.41) is 19.6. The second kappa shape index (κ2) is 5.46. The van der Waals surface area contributed by atoms with E-state index in [0.29, 0.717) is 0 Å². The van der Waals surface area contributed by atoms with E-state index in [9.17, 15) is 18.0 Å². The molecule has 0 aliphatic heterocycles. The number of hydrogen-bond donors (Lipinski definition) is 3. The molecule has 0 saturated heterocycles. The first-order chi connectivity index (χ1) is 7.50. The average molecular weight is 267 g/mol. The van der Waals surface area contributed by atoms with Crippen LogP contribution in [0.2, 0.25) is 0 Å². The van der Waals surface area contributed by atoms with E-state index in [-0.39, 0.29) is 13.0 Å². The predicted molar refractivity (Wildman–Crippen MR) is 60.2 cm³/mol. The third kappa shape index (κ3) is 4.31. The van der Waals surface area contributed by atoms with E-state index in [0.717, 1.165) is 6.26 Å². The number of carbonyl (C=O) groups is 2. The normalized spacial score (nSPS) is 14.1. The number of carbonyl (C=O) groups excluding carboxylic acids is 1. The van der Waals surface area contributed by atoms with Gasteiger partial charge in [0.05, 0.1) is 0 Å². The van der Waals surface area contributed by atoms with Crippen molar-refractivity contribution >= 4 is 21.7 Å². The number of hydrogen-bond acceptors (Lipinski definition) is 5. The van der Waals surface area contributed by atoms with Gasteiger partial charge in [0.25, 0.3) is 0 Å². The van der Waals surface area contributed by atoms with E-state index in [1.165, 1.54) is 13.8 Å². The minimum absolute atomic E-state index is 0.106. The number of sulfone groups is 1. The number of nitrogens with one attached hydrogen (secondary N) is 1. The molecule has 0 aromatic rings. The van der Waals surface area contributed by atoms with Crippen molar-refractivity contribution in [1.82, 2.24) is 5.32 Å². The van der Waals surface area contributed by atoms with Crippen LogP contribution in [0.3, 0.4) is 0 Å². The highest BCUT2D eigenvalue weighted by Crippen LogP contribution is 2.14. The molecular formula is C9H17NO6S. The molecule has 100 valence electrons. The molecule has 0 fully saturated rings. The molecule has 0 spiro atoms. The predicted octanol–water partition coefficient (Wildman–Crippen LogP) is -1.24. The number of carboxylic acids is 1. The Bertz CT molecular complexity index is 400. The van der Waals surface area contributed by atoms with Crippen LogP contribution in [0, 0.1) is 0 Å². The Kier molecular flexibility index (Phi) is 5.09. The lowest BCUT2D eigenvalue weighted by Gasteiger charge is -2.21. The Morgan fingerprint density at radius 2 is 1.82 bits per heavy atom. The van der Waals surface area contributed by atoms with Crippen LogP contribution in [0.15, 0.2) is 0 Å². The number of amides is 1. The van der Waals surface area contributed by atoms with Crippen molar-refractivity contribution < 1.29 is 28.2 Å². The van der Waals surface area contributed by atoms with Crippen LogP contribution in [0.1, 0.15) is 20.3 Å². The molecule has 0 rings (SSSR count). The van der Waals surface area contributed by atoms with Crippen molar-refractivity contribution in [3.63, 3.8) is 0 Å². The monoisotopic (exact) mass is 267 g/mol. The van der Waals surface area contributed by atoms with Crippen molar-refractivity contribution in [1.29, 1.82) is 0 Å². The largest absolute Gasteiger partial charge is 0.479 e. The molecule has 0 heterocycles. The molecule has 0 aliphatic rings. The second-order valence-corrected chi connectivity index (χ2v) is 6.75. The van der Waals surface area contributed by atoms with Gasteiger partial charge < -0.3 is 15.5 Å². The van der Waals surface area contributed by atoms with Gasteiger partial charge in [-0.05, 0) is 13.8 Å². The van der Waals surface area contributed by atoms with Crippen molar-refractivity contribution in [3.8, 4) is 0 Å². The highest BCUT2D eigenvalue weighted by atomic mass is 32.2. The lowest BCUT2D eigenvalue weighted by atomic mass is 10.2. The number of aliphatic hydroxyl groups excluding tert-OH is 1. The minimum atomic E-state index is -3.56. The summed E-state index contributed by atoms with van der Waals surface area (Å²) < 4.78 is 21.0. The minimum Gasteiger partial charge on any atom is -0.479 e. The number of aliphatic hydroxyl groups is 1. The lowest BCUT2D eigenvalue weighted by Crippen LogP contribution is -2.48. The van der Waals surface area contributed by atoms with Crippen LogP contribution in [0.4, 0.5) is 0 Å². The van der Waals surface area contributed by atoms with Crippen LogP contribution in [-0.2, 0) is 19.4 Å². The molecule has 0 saturated carbocycles. The highest BCUT2D eigenvalue weighted by molar-refractivity contribution is 7.92. The van der Waals surface area contributed by atoms with E-state index in [4.69, 9.17) is 10.2 Å². The van der Waals surface area contributed by atoms with Gasteiger partial charge in [-0.15, -0.1) is 0 Å². The molecule has 0 aliphatic carbocycles. The van der Waals surface area contributed by atoms with Gasteiger partial charge in [-0.25, -0.2) is 13.2 Å². The summed E-state index contributed by atoms with van der Waals surface area (Å²) in [4.78, 5) is 21.8. The second-order valence-electron chi connectivity index (χ2n) is 4.18. The lowest BCUT2D eigenvalue weighted by molar-refractivity contribution is -0.147. The van der Waals surface area contributed by atoms with E-state index in [1.807, 2.05) is 0 Å². The zero-order valence-corrected chi connectivity index (χ0v) is 10.7. The van der Waals surface area contributed by atoms with Crippen LogP contribution >= 0.6 is 0 Å². The van der Waals surface area contributed by atoms with Gasteiger partial charge in [0.15, 0.2) is 15.9 Å². The fourth-order valence-electron chi connectivity index (χ4n) is 0.827. The third-order valence-electron chi connectivity index (χ3n) is 2.46. The molecule has 3 N–H and O–H groups in total. The van der Waals surface area contributed by atoms with Crippen LogP contribution in [-0.4, -0.2) is 54.2 Å². The summed E-state index contributed by atoms with van der Waals surface area (Å²) in [6.45, 7) is 2.40. The Morgan fingerprint density at radius 3 is 2.18 bits per heavy atom. The summed E-state index contributed by atoms with van der Waals surface area (Å²) >= 11 is 0. The molecule has 0 bridgehead atoms. The van der Waals surface area contributed by atoms with E-state index >= 15 is 0 Å². The van der Waals surface area contributed by atoms with Crippen LogP contribution < -0.4 is 5.32 Å². The zero-order chi connectivity index (χ0) is 13.9. The van der Waals surface area contributed by atoms with Gasteiger partial charge in [0.1, 0.15) is 4.75 Å². The van der Waals surface area contributed by atoms with Crippen molar-refractivity contribution in [2.45, 2.75) is 31.1 Å². The standard InChI is InChI=1S/C9H17NO6S/c1-9(2,17(3,15)16)8(14)10-5-4-6(11)7(12)13/h6,11H,4-5H2,1-3H3,(H,10,14)(H,12,13)/t6-/m0/s1. The molecule has 8 heteroatoms. The topological polar surface area (TPSA) is 121 Å². The molecule has 1 amide bonds. The summed E-state index contributed by atoms with van der Waals surface area (Å²) in [7, 11) is -3.56. The van der Waals surface area contributed by atoms with Gasteiger partial charge in [-0.2, -0.15) is 0 Å². The first-order valence-electron chi connectivity index (χ1n) is 4.89. The first kappa shape index (κ1) is 15.9. The third-order valence-corrected chi connectivity index (χ3v) is 4.50. The van der Waals surface area contributed by atoms with Gasteiger partial charge >= 0.3 is 5.97 Å². The van der Waals surface area contributed by atoms with Gasteiger partial charge in [0.2, 0.25) is 5.91 Å². The number of carboxylic acid groups (broad SMARTS) is 1. The average Bonchev–Trinajstić information content (AvgIpc) is 2.15. The molecule has 0 aromatic carbocycles. The van der Waals surface area contributed by atoms with Crippen LogP contribution in [0.5, 0.6) is 0 Å². The molecule has 1 atom stereocenters. The smallest absolute Gasteiger partial charge is 0.332 e. The Labute approximate surface area is 99.7 Å². The van der Waals surface area contributed by atoms with Crippen molar-refractivity contribution in [2.24, 2.45) is 0 Å². The summed E-state index contributed by atoms with van der Waals surface area (Å²) in [6.07, 6.45) is -0.809. The fourth-order valence-corrected chi connectivity index (χ4v) is 1.24. The molecule has 17 heavy (non-hydrogen) atoms. The maximum atomic E-state index is 11.5. The quantitative estimate of drug-likeness (QED) is 0.553. The van der Waals surface area contributed by atoms with Gasteiger partial charge in [0, 0.05) is 19.2 Å². The zero-order valence-electron chi connectivity index (χ0n) is 9.93. The Hall–Kier alpha value is -1.15. The Balaban J connectivity index is 4.35. The van der Waals surface area contributed by atoms with E-state index < -0.39 is 32.6 Å². The van der Waals surface area contributed by atoms with E-state index in [1.54, 1.807) is 0 Å². The SMILES string of the molecule is CC(C)(C(=O)NCC[C@H](O)C(=O)O)S(C)(=O)=O. The maximum absolute atomic E-state index is 11.5. The van der Waals surface area contributed by atoms with Crippen molar-refractivity contribution in [2.75, 3.05) is 12.8 Å². The van der Waals surface area contributed by atoms with Crippen LogP contribution in [0.25, 0.3) is 0 Å². The summed E-state index contributed by atoms with van der Waals surface area (Å²) in [6, 6.07) is 0. The van der Waals surface area contributed by atoms with Gasteiger partial charge in [-0.1, -0.05) is 0 Å². The maximum Gasteiger partial charge on any atom is 0.332 e. The molecule has 0 radical (unpaired) electrons. The summed E-state index contributed by atoms with van der Waals surface area (Å²) in [5.74, 6) is -2.11. The number of rotatable bonds is 6. The number of aliphatic carboxylic acids is 1. The van der Waals surface area contributed by atoms with Gasteiger partial charge in [-0.3, -0.25) is 4.79 Å². The molecule has 0 aromatic heterocycles. The van der Waals surface area contributed by atoms with E-state index in [2.05, 4.69) is 5.32 Å². The Morgan fingerprint density at radius 1 is 1.35 bits per heavy atom.